The summed E-state index contributed by atoms with van der Waals surface area (Å²) in [6, 6.07) is 7.24. The van der Waals surface area contributed by atoms with Gasteiger partial charge < -0.3 is 10.6 Å². The second kappa shape index (κ2) is 4.99. The minimum atomic E-state index is -0.0986. The van der Waals surface area contributed by atoms with Gasteiger partial charge in [0, 0.05) is 25.1 Å². The highest BCUT2D eigenvalue weighted by Crippen LogP contribution is 2.28. The smallest absolute Gasteiger partial charge is 0.251 e. The van der Waals surface area contributed by atoms with Crippen molar-refractivity contribution in [3.05, 3.63) is 35.4 Å². The highest BCUT2D eigenvalue weighted by atomic mass is 16.2. The number of hydrogen-bond donors (Lipinski definition) is 2. The minimum absolute atomic E-state index is 0.0986. The Morgan fingerprint density at radius 2 is 1.88 bits per heavy atom. The molecule has 1 aliphatic carbocycles. The Morgan fingerprint density at radius 3 is 2.41 bits per heavy atom. The molecule has 1 saturated carbocycles. The van der Waals surface area contributed by atoms with Crippen LogP contribution in [0, 0.1) is 5.92 Å². The summed E-state index contributed by atoms with van der Waals surface area (Å²) in [5.41, 5.74) is 1.64. The van der Waals surface area contributed by atoms with Crippen LogP contribution in [0.5, 0.6) is 0 Å². The molecule has 2 rings (SSSR count). The van der Waals surface area contributed by atoms with E-state index in [0.717, 1.165) is 18.4 Å². The maximum absolute atomic E-state index is 11.4. The van der Waals surface area contributed by atoms with Gasteiger partial charge in [-0.1, -0.05) is 12.1 Å². The molecular formula is C13H16N2O2. The Balaban J connectivity index is 1.89. The molecule has 4 nitrogen and oxygen atoms in total. The van der Waals surface area contributed by atoms with Crippen LogP contribution in [0.2, 0.25) is 0 Å². The van der Waals surface area contributed by atoms with E-state index in [4.69, 9.17) is 0 Å². The first-order valence-corrected chi connectivity index (χ1v) is 5.79. The molecule has 0 saturated heterocycles. The van der Waals surface area contributed by atoms with Crippen molar-refractivity contribution in [2.45, 2.75) is 19.4 Å². The van der Waals surface area contributed by atoms with Crippen LogP contribution in [0.1, 0.15) is 28.8 Å². The molecule has 0 aromatic heterocycles. The van der Waals surface area contributed by atoms with Gasteiger partial charge in [0.05, 0.1) is 0 Å². The van der Waals surface area contributed by atoms with Crippen molar-refractivity contribution in [3.8, 4) is 0 Å². The summed E-state index contributed by atoms with van der Waals surface area (Å²) in [7, 11) is 1.60. The van der Waals surface area contributed by atoms with E-state index in [0.29, 0.717) is 12.1 Å². The van der Waals surface area contributed by atoms with Crippen molar-refractivity contribution in [2.24, 2.45) is 5.92 Å². The SMILES string of the molecule is CNC(=O)c1ccc(CNC(=O)C2CC2)cc1. The highest BCUT2D eigenvalue weighted by Gasteiger charge is 2.29. The zero-order valence-corrected chi connectivity index (χ0v) is 9.82. The molecule has 0 radical (unpaired) electrons. The molecule has 2 N–H and O–H groups in total. The summed E-state index contributed by atoms with van der Waals surface area (Å²) < 4.78 is 0. The van der Waals surface area contributed by atoms with Gasteiger partial charge in [-0.15, -0.1) is 0 Å². The first kappa shape index (κ1) is 11.6. The van der Waals surface area contributed by atoms with E-state index in [2.05, 4.69) is 10.6 Å². The Hall–Kier alpha value is -1.84. The molecule has 0 atom stereocenters. The van der Waals surface area contributed by atoms with Crippen molar-refractivity contribution in [3.63, 3.8) is 0 Å². The largest absolute Gasteiger partial charge is 0.355 e. The lowest BCUT2D eigenvalue weighted by Gasteiger charge is -2.05. The first-order valence-electron chi connectivity index (χ1n) is 5.79. The van der Waals surface area contributed by atoms with Gasteiger partial charge in [0.25, 0.3) is 5.91 Å². The average molecular weight is 232 g/mol. The van der Waals surface area contributed by atoms with E-state index >= 15 is 0 Å². The van der Waals surface area contributed by atoms with Crippen LogP contribution in [0.4, 0.5) is 0 Å². The summed E-state index contributed by atoms with van der Waals surface area (Å²) in [6.45, 7) is 0.531. The first-order chi connectivity index (χ1) is 8.20. The van der Waals surface area contributed by atoms with Crippen LogP contribution < -0.4 is 10.6 Å². The predicted octanol–water partition coefficient (Wildman–Crippen LogP) is 1.07. The van der Waals surface area contributed by atoms with Crippen molar-refractivity contribution in [1.82, 2.24) is 10.6 Å². The maximum atomic E-state index is 11.4. The Morgan fingerprint density at radius 1 is 1.24 bits per heavy atom. The molecule has 0 bridgehead atoms. The van der Waals surface area contributed by atoms with E-state index in [1.165, 1.54) is 0 Å². The van der Waals surface area contributed by atoms with E-state index in [9.17, 15) is 9.59 Å². The molecule has 1 aromatic carbocycles. The van der Waals surface area contributed by atoms with Crippen LogP contribution in [0.3, 0.4) is 0 Å². The summed E-state index contributed by atoms with van der Waals surface area (Å²) in [5, 5.41) is 5.45. The normalized spacial score (nSPS) is 14.2. The molecule has 0 unspecified atom stereocenters. The van der Waals surface area contributed by atoms with E-state index in [1.54, 1.807) is 19.2 Å². The number of carbonyl (C=O) groups is 2. The van der Waals surface area contributed by atoms with Gasteiger partial charge in [-0.05, 0) is 30.5 Å². The van der Waals surface area contributed by atoms with E-state index < -0.39 is 0 Å². The fraction of sp³-hybridized carbons (Fsp3) is 0.385. The van der Waals surface area contributed by atoms with Crippen molar-refractivity contribution >= 4 is 11.8 Å². The Kier molecular flexibility index (Phi) is 3.42. The number of amides is 2. The molecule has 1 fully saturated rings. The van der Waals surface area contributed by atoms with Crippen LogP contribution in [-0.2, 0) is 11.3 Å². The van der Waals surface area contributed by atoms with Crippen molar-refractivity contribution < 1.29 is 9.59 Å². The molecule has 17 heavy (non-hydrogen) atoms. The van der Waals surface area contributed by atoms with Crippen molar-refractivity contribution in [1.29, 1.82) is 0 Å². The highest BCUT2D eigenvalue weighted by molar-refractivity contribution is 5.93. The summed E-state index contributed by atoms with van der Waals surface area (Å²) in [5.74, 6) is 0.277. The topological polar surface area (TPSA) is 58.2 Å². The third-order valence-electron chi connectivity index (χ3n) is 2.86. The molecule has 2 amide bonds. The fourth-order valence-electron chi connectivity index (χ4n) is 1.60. The van der Waals surface area contributed by atoms with Gasteiger partial charge >= 0.3 is 0 Å². The van der Waals surface area contributed by atoms with Crippen LogP contribution in [0.25, 0.3) is 0 Å². The van der Waals surface area contributed by atoms with Gasteiger partial charge in [0.1, 0.15) is 0 Å². The minimum Gasteiger partial charge on any atom is -0.355 e. The number of nitrogens with one attached hydrogen (secondary N) is 2. The van der Waals surface area contributed by atoms with Crippen LogP contribution >= 0.6 is 0 Å². The third kappa shape index (κ3) is 3.06. The number of rotatable bonds is 4. The lowest BCUT2D eigenvalue weighted by Crippen LogP contribution is -2.24. The molecule has 4 heteroatoms. The van der Waals surface area contributed by atoms with E-state index in [1.807, 2.05) is 12.1 Å². The number of benzene rings is 1. The van der Waals surface area contributed by atoms with Gasteiger partial charge in [0.2, 0.25) is 5.91 Å². The molecule has 90 valence electrons. The zero-order valence-electron chi connectivity index (χ0n) is 9.82. The second-order valence-electron chi connectivity index (χ2n) is 4.27. The van der Waals surface area contributed by atoms with Gasteiger partial charge in [-0.3, -0.25) is 9.59 Å². The molecule has 0 spiro atoms. The average Bonchev–Trinajstić information content (AvgIpc) is 3.20. The van der Waals surface area contributed by atoms with Gasteiger partial charge in [0.15, 0.2) is 0 Å². The molecule has 0 heterocycles. The summed E-state index contributed by atoms with van der Waals surface area (Å²) in [6.07, 6.45) is 2.03. The third-order valence-corrected chi connectivity index (χ3v) is 2.86. The number of hydrogen-bond acceptors (Lipinski definition) is 2. The zero-order chi connectivity index (χ0) is 12.3. The Bertz CT molecular complexity index is 422. The molecule has 1 aromatic rings. The quantitative estimate of drug-likeness (QED) is 0.816. The second-order valence-corrected chi connectivity index (χ2v) is 4.27. The monoisotopic (exact) mass is 232 g/mol. The Labute approximate surface area is 100 Å². The molecule has 0 aliphatic heterocycles. The fourth-order valence-corrected chi connectivity index (χ4v) is 1.60. The molecular weight excluding hydrogens is 216 g/mol. The van der Waals surface area contributed by atoms with Gasteiger partial charge in [-0.25, -0.2) is 0 Å². The lowest BCUT2D eigenvalue weighted by molar-refractivity contribution is -0.122. The van der Waals surface area contributed by atoms with Gasteiger partial charge in [-0.2, -0.15) is 0 Å². The summed E-state index contributed by atoms with van der Waals surface area (Å²) >= 11 is 0. The summed E-state index contributed by atoms with van der Waals surface area (Å²) in [4.78, 5) is 22.7. The van der Waals surface area contributed by atoms with Crippen molar-refractivity contribution in [2.75, 3.05) is 7.05 Å². The van der Waals surface area contributed by atoms with Crippen LogP contribution in [0.15, 0.2) is 24.3 Å². The molecule has 1 aliphatic rings. The predicted molar refractivity (Wildman–Crippen MR) is 64.4 cm³/mol. The standard InChI is InChI=1S/C13H16N2O2/c1-14-12(16)10-4-2-9(3-5-10)8-15-13(17)11-6-7-11/h2-5,11H,6-8H2,1H3,(H,14,16)(H,15,17). The van der Waals surface area contributed by atoms with E-state index in [-0.39, 0.29) is 17.7 Å². The number of carbonyl (C=O) groups excluding carboxylic acids is 2. The lowest BCUT2D eigenvalue weighted by atomic mass is 10.1. The van der Waals surface area contributed by atoms with Crippen LogP contribution in [-0.4, -0.2) is 18.9 Å². The maximum Gasteiger partial charge on any atom is 0.251 e.